The van der Waals surface area contributed by atoms with Crippen molar-refractivity contribution in [3.05, 3.63) is 78.4 Å². The van der Waals surface area contributed by atoms with Crippen LogP contribution in [0.4, 0.5) is 39.5 Å². The van der Waals surface area contributed by atoms with E-state index >= 15 is 0 Å². The molecule has 3 aromatic rings. The molecule has 0 unspecified atom stereocenters. The number of benzene rings is 3. The molecule has 3 aromatic carbocycles. The van der Waals surface area contributed by atoms with E-state index in [0.717, 1.165) is 35.2 Å². The van der Waals surface area contributed by atoms with Crippen molar-refractivity contribution in [2.45, 2.75) is 37.5 Å². The maximum atomic E-state index is 13.1. The number of rotatable bonds is 5. The quantitative estimate of drug-likeness (QED) is 0.325. The zero-order valence-electron chi connectivity index (χ0n) is 17.4. The molecule has 182 valence electrons. The van der Waals surface area contributed by atoms with Gasteiger partial charge in [0.25, 0.3) is 0 Å². The first kappa shape index (κ1) is 25.5. The van der Waals surface area contributed by atoms with Crippen LogP contribution in [0.15, 0.2) is 72.8 Å². The molecule has 1 nitrogen and oxygen atoms in total. The SMILES string of the molecule is CCc1ccc(-c2ccc(-c3ccc(OC(C(F)(F)F)(C(F)(F)F)C(F)(F)F)cc3)cc2)cc1. The highest BCUT2D eigenvalue weighted by atomic mass is 19.4. The van der Waals surface area contributed by atoms with Crippen LogP contribution in [-0.2, 0) is 6.42 Å². The highest BCUT2D eigenvalue weighted by Gasteiger charge is 2.87. The Balaban J connectivity index is 1.88. The summed E-state index contributed by atoms with van der Waals surface area (Å²) in [5.74, 6) is -1.23. The molecule has 3 rings (SSSR count). The number of hydrogen-bond acceptors (Lipinski definition) is 1. The summed E-state index contributed by atoms with van der Waals surface area (Å²) < 4.78 is 121. The lowest BCUT2D eigenvalue weighted by atomic mass is 9.99. The Morgan fingerprint density at radius 1 is 0.500 bits per heavy atom. The van der Waals surface area contributed by atoms with E-state index in [9.17, 15) is 39.5 Å². The summed E-state index contributed by atoms with van der Waals surface area (Å²) in [4.78, 5) is 0. The van der Waals surface area contributed by atoms with E-state index in [0.29, 0.717) is 23.3 Å². The lowest BCUT2D eigenvalue weighted by Crippen LogP contribution is -2.69. The van der Waals surface area contributed by atoms with Gasteiger partial charge in [-0.3, -0.25) is 0 Å². The number of aryl methyl sites for hydroxylation is 1. The lowest BCUT2D eigenvalue weighted by Gasteiger charge is -2.38. The smallest absolute Gasteiger partial charge is 0.447 e. The average Bonchev–Trinajstić information content (AvgIpc) is 2.75. The summed E-state index contributed by atoms with van der Waals surface area (Å²) in [7, 11) is 0. The van der Waals surface area contributed by atoms with Gasteiger partial charge in [0.05, 0.1) is 0 Å². The molecule has 0 bridgehead atoms. The van der Waals surface area contributed by atoms with Gasteiger partial charge in [-0.2, -0.15) is 39.5 Å². The minimum Gasteiger partial charge on any atom is -0.462 e. The van der Waals surface area contributed by atoms with E-state index in [1.54, 1.807) is 24.3 Å². The molecule has 0 saturated carbocycles. The summed E-state index contributed by atoms with van der Waals surface area (Å²) in [6.07, 6.45) is -19.5. The number of halogens is 9. The van der Waals surface area contributed by atoms with Crippen molar-refractivity contribution in [1.82, 2.24) is 0 Å². The number of hydrogen-bond donors (Lipinski definition) is 0. The molecule has 0 amide bonds. The summed E-state index contributed by atoms with van der Waals surface area (Å²) in [5, 5.41) is 0. The molecule has 0 fully saturated rings. The van der Waals surface area contributed by atoms with Crippen LogP contribution >= 0.6 is 0 Å². The Hall–Kier alpha value is -3.17. The normalized spacial score (nSPS) is 13.1. The summed E-state index contributed by atoms with van der Waals surface area (Å²) >= 11 is 0. The molecular formula is C24H17F9O. The maximum absolute atomic E-state index is 13.1. The van der Waals surface area contributed by atoms with Crippen LogP contribution in [0.5, 0.6) is 5.75 Å². The van der Waals surface area contributed by atoms with Crippen molar-refractivity contribution >= 4 is 0 Å². The molecule has 10 heteroatoms. The fraction of sp³-hybridized carbons (Fsp3) is 0.250. The molecule has 0 aliphatic rings. The van der Waals surface area contributed by atoms with Gasteiger partial charge in [0.15, 0.2) is 0 Å². The Morgan fingerprint density at radius 2 is 0.794 bits per heavy atom. The van der Waals surface area contributed by atoms with Crippen molar-refractivity contribution in [1.29, 1.82) is 0 Å². The second-order valence-corrected chi connectivity index (χ2v) is 7.43. The monoisotopic (exact) mass is 492 g/mol. The van der Waals surface area contributed by atoms with E-state index in [1.807, 2.05) is 31.2 Å². The fourth-order valence-electron chi connectivity index (χ4n) is 3.34. The molecule has 0 spiro atoms. The minimum atomic E-state index is -6.80. The Labute approximate surface area is 188 Å². The van der Waals surface area contributed by atoms with Crippen molar-refractivity contribution < 1.29 is 44.3 Å². The molecule has 0 radical (unpaired) electrons. The fourth-order valence-corrected chi connectivity index (χ4v) is 3.34. The van der Waals surface area contributed by atoms with E-state index in [-0.39, 0.29) is 0 Å². The first-order chi connectivity index (χ1) is 15.7. The number of ether oxygens (including phenoxy) is 1. The standard InChI is InChI=1S/C24H17F9O/c1-2-15-3-5-16(6-4-15)17-7-9-18(10-8-17)19-11-13-20(14-12-19)34-21(22(25,26)27,23(28,29)30)24(31,32)33/h3-14H,2H2,1H3. The van der Waals surface area contributed by atoms with Crippen molar-refractivity contribution in [3.8, 4) is 28.0 Å². The van der Waals surface area contributed by atoms with Gasteiger partial charge < -0.3 is 4.74 Å². The van der Waals surface area contributed by atoms with E-state index in [1.165, 1.54) is 0 Å². The summed E-state index contributed by atoms with van der Waals surface area (Å²) in [6.45, 7) is 2.02. The lowest BCUT2D eigenvalue weighted by molar-refractivity contribution is -0.436. The van der Waals surface area contributed by atoms with Crippen LogP contribution < -0.4 is 4.74 Å². The van der Waals surface area contributed by atoms with Crippen molar-refractivity contribution in [3.63, 3.8) is 0 Å². The van der Waals surface area contributed by atoms with E-state index in [2.05, 4.69) is 4.74 Å². The molecule has 0 aliphatic heterocycles. The van der Waals surface area contributed by atoms with Crippen molar-refractivity contribution in [2.75, 3.05) is 0 Å². The van der Waals surface area contributed by atoms with Gasteiger partial charge in [-0.05, 0) is 46.4 Å². The van der Waals surface area contributed by atoms with Crippen LogP contribution in [0, 0.1) is 0 Å². The highest BCUT2D eigenvalue weighted by Crippen LogP contribution is 2.54. The van der Waals surface area contributed by atoms with Crippen LogP contribution in [0.3, 0.4) is 0 Å². The van der Waals surface area contributed by atoms with Gasteiger partial charge in [0.2, 0.25) is 0 Å². The topological polar surface area (TPSA) is 9.23 Å². The van der Waals surface area contributed by atoms with Crippen LogP contribution in [0.1, 0.15) is 12.5 Å². The Morgan fingerprint density at radius 3 is 1.09 bits per heavy atom. The predicted molar refractivity (Wildman–Crippen MR) is 108 cm³/mol. The van der Waals surface area contributed by atoms with Gasteiger partial charge in [-0.1, -0.05) is 67.6 Å². The third kappa shape index (κ3) is 4.71. The number of alkyl halides is 9. The molecular weight excluding hydrogens is 475 g/mol. The van der Waals surface area contributed by atoms with Crippen LogP contribution in [0.2, 0.25) is 0 Å². The molecule has 0 N–H and O–H groups in total. The summed E-state index contributed by atoms with van der Waals surface area (Å²) in [6, 6.07) is 18.1. The molecule has 0 saturated heterocycles. The molecule has 0 aromatic heterocycles. The van der Waals surface area contributed by atoms with Gasteiger partial charge >= 0.3 is 24.1 Å². The molecule has 0 heterocycles. The zero-order chi connectivity index (χ0) is 25.4. The minimum absolute atomic E-state index is 0.358. The third-order valence-corrected chi connectivity index (χ3v) is 5.24. The third-order valence-electron chi connectivity index (χ3n) is 5.24. The molecule has 0 atom stereocenters. The summed E-state index contributed by atoms with van der Waals surface area (Å²) in [5.41, 5.74) is -2.48. The highest BCUT2D eigenvalue weighted by molar-refractivity contribution is 5.70. The second-order valence-electron chi connectivity index (χ2n) is 7.43. The first-order valence-electron chi connectivity index (χ1n) is 9.88. The van der Waals surface area contributed by atoms with Crippen molar-refractivity contribution in [2.24, 2.45) is 0 Å². The van der Waals surface area contributed by atoms with Gasteiger partial charge in [0.1, 0.15) is 5.75 Å². The largest absolute Gasteiger partial charge is 0.462 e. The van der Waals surface area contributed by atoms with E-state index < -0.39 is 29.9 Å². The molecule has 34 heavy (non-hydrogen) atoms. The van der Waals surface area contributed by atoms with Gasteiger partial charge in [-0.15, -0.1) is 0 Å². The Kier molecular flexibility index (Phi) is 6.65. The first-order valence-corrected chi connectivity index (χ1v) is 9.88. The second kappa shape index (κ2) is 8.88. The van der Waals surface area contributed by atoms with Crippen LogP contribution in [0.25, 0.3) is 22.3 Å². The van der Waals surface area contributed by atoms with E-state index in [4.69, 9.17) is 0 Å². The predicted octanol–water partition coefficient (Wildman–Crippen LogP) is 8.39. The Bertz CT molecular complexity index is 1060. The van der Waals surface area contributed by atoms with Crippen LogP contribution in [-0.4, -0.2) is 24.1 Å². The van der Waals surface area contributed by atoms with Gasteiger partial charge in [-0.25, -0.2) is 0 Å². The zero-order valence-corrected chi connectivity index (χ0v) is 17.4. The maximum Gasteiger partial charge on any atom is 0.447 e. The van der Waals surface area contributed by atoms with Gasteiger partial charge in [0, 0.05) is 0 Å². The average molecular weight is 492 g/mol. The molecule has 0 aliphatic carbocycles.